The highest BCUT2D eigenvalue weighted by molar-refractivity contribution is 6.08. The topological polar surface area (TPSA) is 67.9 Å². The zero-order chi connectivity index (χ0) is 20.6. The van der Waals surface area contributed by atoms with Crippen molar-refractivity contribution in [3.63, 3.8) is 0 Å². The summed E-state index contributed by atoms with van der Waals surface area (Å²) in [6, 6.07) is 15.0. The predicted molar refractivity (Wildman–Crippen MR) is 109 cm³/mol. The number of fused-ring (bicyclic) bond motifs is 2. The molecule has 29 heavy (non-hydrogen) atoms. The van der Waals surface area contributed by atoms with Gasteiger partial charge in [-0.25, -0.2) is 4.79 Å². The van der Waals surface area contributed by atoms with Gasteiger partial charge in [-0.2, -0.15) is 0 Å². The van der Waals surface area contributed by atoms with Crippen LogP contribution in [0.2, 0.25) is 0 Å². The van der Waals surface area contributed by atoms with E-state index in [1.165, 1.54) is 11.9 Å². The van der Waals surface area contributed by atoms with Gasteiger partial charge in [-0.15, -0.1) is 0 Å². The predicted octanol–water partition coefficient (Wildman–Crippen LogP) is 3.84. The highest BCUT2D eigenvalue weighted by Crippen LogP contribution is 2.56. The standard InChI is InChI=1S/C23H26N2O4/c1-22(12-7-13-28-3)15-16-10-11-18(29-17-8-5-4-6-9-17)14-19(16)23(22)20(26)25(2)21(27)24-23/h4-6,8-11,14H,7,12-13,15H2,1-3H3,(H,24,27). The molecule has 6 heteroatoms. The molecule has 1 fully saturated rings. The van der Waals surface area contributed by atoms with Crippen LogP contribution in [0.25, 0.3) is 0 Å². The highest BCUT2D eigenvalue weighted by Gasteiger charge is 2.65. The maximum Gasteiger partial charge on any atom is 0.325 e. The quantitative estimate of drug-likeness (QED) is 0.597. The summed E-state index contributed by atoms with van der Waals surface area (Å²) in [4.78, 5) is 27.1. The summed E-state index contributed by atoms with van der Waals surface area (Å²) >= 11 is 0. The Morgan fingerprint density at radius 2 is 1.86 bits per heavy atom. The molecule has 152 valence electrons. The number of carbonyl (C=O) groups excluding carboxylic acids is 2. The van der Waals surface area contributed by atoms with Crippen LogP contribution in [0.1, 0.15) is 30.9 Å². The number of nitrogens with one attached hydrogen (secondary N) is 1. The minimum absolute atomic E-state index is 0.210. The molecule has 2 atom stereocenters. The number of amides is 3. The fourth-order valence-corrected chi connectivity index (χ4v) is 4.74. The van der Waals surface area contributed by atoms with Gasteiger partial charge in [0, 0.05) is 26.2 Å². The van der Waals surface area contributed by atoms with Gasteiger partial charge in [-0.1, -0.05) is 31.2 Å². The van der Waals surface area contributed by atoms with Crippen molar-refractivity contribution in [2.24, 2.45) is 5.41 Å². The number of urea groups is 1. The van der Waals surface area contributed by atoms with E-state index in [-0.39, 0.29) is 11.9 Å². The number of para-hydroxylation sites is 1. The monoisotopic (exact) mass is 394 g/mol. The lowest BCUT2D eigenvalue weighted by Crippen LogP contribution is -2.53. The number of carbonyl (C=O) groups is 2. The Kier molecular flexibility index (Phi) is 4.82. The fraction of sp³-hybridized carbons (Fsp3) is 0.391. The van der Waals surface area contributed by atoms with E-state index in [1.54, 1.807) is 7.11 Å². The average molecular weight is 394 g/mol. The third-order valence-corrected chi connectivity index (χ3v) is 6.25. The van der Waals surface area contributed by atoms with Crippen LogP contribution in [-0.2, 0) is 21.5 Å². The Bertz CT molecular complexity index is 945. The van der Waals surface area contributed by atoms with Crippen molar-refractivity contribution < 1.29 is 19.1 Å². The number of ether oxygens (including phenoxy) is 2. The van der Waals surface area contributed by atoms with E-state index in [4.69, 9.17) is 9.47 Å². The van der Waals surface area contributed by atoms with Crippen LogP contribution in [0.5, 0.6) is 11.5 Å². The molecule has 2 aromatic rings. The number of hydrogen-bond acceptors (Lipinski definition) is 4. The zero-order valence-corrected chi connectivity index (χ0v) is 17.0. The number of methoxy groups -OCH3 is 1. The van der Waals surface area contributed by atoms with E-state index in [1.807, 2.05) is 48.5 Å². The van der Waals surface area contributed by atoms with Crippen LogP contribution >= 0.6 is 0 Å². The summed E-state index contributed by atoms with van der Waals surface area (Å²) in [6.45, 7) is 2.69. The SMILES string of the molecule is COCCCC1(C)Cc2ccc(Oc3ccccc3)cc2C12NC(=O)N(C)C2=O. The van der Waals surface area contributed by atoms with Gasteiger partial charge in [0.2, 0.25) is 0 Å². The third-order valence-electron chi connectivity index (χ3n) is 6.25. The minimum Gasteiger partial charge on any atom is -0.457 e. The Hall–Kier alpha value is -2.86. The zero-order valence-electron chi connectivity index (χ0n) is 17.0. The van der Waals surface area contributed by atoms with Crippen LogP contribution in [0.4, 0.5) is 4.79 Å². The summed E-state index contributed by atoms with van der Waals surface area (Å²) in [5, 5.41) is 3.03. The van der Waals surface area contributed by atoms with E-state index < -0.39 is 11.0 Å². The average Bonchev–Trinajstić information content (AvgIpc) is 3.09. The van der Waals surface area contributed by atoms with E-state index in [0.29, 0.717) is 18.8 Å². The first-order chi connectivity index (χ1) is 13.9. The molecule has 1 spiro atoms. The van der Waals surface area contributed by atoms with Crippen molar-refractivity contribution in [2.75, 3.05) is 20.8 Å². The molecule has 1 aliphatic heterocycles. The first-order valence-corrected chi connectivity index (χ1v) is 9.87. The number of likely N-dealkylation sites (N-methyl/N-ethyl adjacent to an activating group) is 1. The summed E-state index contributed by atoms with van der Waals surface area (Å²) in [5.41, 5.74) is 0.358. The molecule has 1 N–H and O–H groups in total. The summed E-state index contributed by atoms with van der Waals surface area (Å²) in [5.74, 6) is 1.16. The Balaban J connectivity index is 1.77. The molecule has 2 unspecified atom stereocenters. The maximum absolute atomic E-state index is 13.4. The highest BCUT2D eigenvalue weighted by atomic mass is 16.5. The normalized spacial score (nSPS) is 25.4. The second kappa shape index (κ2) is 7.19. The van der Waals surface area contributed by atoms with Crippen molar-refractivity contribution in [1.82, 2.24) is 10.2 Å². The van der Waals surface area contributed by atoms with E-state index in [0.717, 1.165) is 29.7 Å². The van der Waals surface area contributed by atoms with Gasteiger partial charge in [0.05, 0.1) is 0 Å². The number of rotatable bonds is 6. The van der Waals surface area contributed by atoms with E-state index in [9.17, 15) is 9.59 Å². The van der Waals surface area contributed by atoms with Gasteiger partial charge >= 0.3 is 6.03 Å². The lowest BCUT2D eigenvalue weighted by atomic mass is 9.68. The van der Waals surface area contributed by atoms with E-state index >= 15 is 0 Å². The third kappa shape index (κ3) is 2.99. The number of nitrogens with zero attached hydrogens (tertiary/aromatic N) is 1. The summed E-state index contributed by atoms with van der Waals surface area (Å²) in [6.07, 6.45) is 2.27. The molecule has 1 saturated heterocycles. The smallest absolute Gasteiger partial charge is 0.325 e. The largest absolute Gasteiger partial charge is 0.457 e. The molecule has 4 rings (SSSR count). The molecule has 0 saturated carbocycles. The van der Waals surface area contributed by atoms with Crippen molar-refractivity contribution in [1.29, 1.82) is 0 Å². The molecular weight excluding hydrogens is 368 g/mol. The Morgan fingerprint density at radius 1 is 1.10 bits per heavy atom. The molecule has 0 radical (unpaired) electrons. The van der Waals surface area contributed by atoms with Crippen LogP contribution < -0.4 is 10.1 Å². The van der Waals surface area contributed by atoms with Gasteiger partial charge in [0.25, 0.3) is 5.91 Å². The second-order valence-corrected chi connectivity index (χ2v) is 8.11. The molecule has 0 bridgehead atoms. The Morgan fingerprint density at radius 3 is 2.52 bits per heavy atom. The van der Waals surface area contributed by atoms with Gasteiger partial charge < -0.3 is 14.8 Å². The molecule has 0 aromatic heterocycles. The van der Waals surface area contributed by atoms with Crippen LogP contribution in [0, 0.1) is 5.41 Å². The summed E-state index contributed by atoms with van der Waals surface area (Å²) < 4.78 is 11.2. The van der Waals surface area contributed by atoms with Gasteiger partial charge in [0.15, 0.2) is 5.54 Å². The molecule has 2 aromatic carbocycles. The van der Waals surface area contributed by atoms with Crippen LogP contribution in [0.15, 0.2) is 48.5 Å². The molecule has 6 nitrogen and oxygen atoms in total. The Labute approximate surface area is 170 Å². The van der Waals surface area contributed by atoms with Gasteiger partial charge in [-0.3, -0.25) is 9.69 Å². The molecule has 3 amide bonds. The van der Waals surface area contributed by atoms with Crippen molar-refractivity contribution >= 4 is 11.9 Å². The molecule has 1 aliphatic carbocycles. The summed E-state index contributed by atoms with van der Waals surface area (Å²) in [7, 11) is 3.20. The van der Waals surface area contributed by atoms with Crippen molar-refractivity contribution in [3.8, 4) is 11.5 Å². The minimum atomic E-state index is -1.09. The number of imide groups is 1. The first kappa shape index (κ1) is 19.5. The molecule has 1 heterocycles. The van der Waals surface area contributed by atoms with E-state index in [2.05, 4.69) is 12.2 Å². The molecule has 2 aliphatic rings. The number of hydrogen-bond donors (Lipinski definition) is 1. The maximum atomic E-state index is 13.4. The second-order valence-electron chi connectivity index (χ2n) is 8.11. The first-order valence-electron chi connectivity index (χ1n) is 9.87. The number of benzene rings is 2. The van der Waals surface area contributed by atoms with Crippen LogP contribution in [0.3, 0.4) is 0 Å². The van der Waals surface area contributed by atoms with Crippen molar-refractivity contribution in [3.05, 3.63) is 59.7 Å². The van der Waals surface area contributed by atoms with Crippen molar-refractivity contribution in [2.45, 2.75) is 31.7 Å². The van der Waals surface area contributed by atoms with Gasteiger partial charge in [0.1, 0.15) is 11.5 Å². The molecular formula is C23H26N2O4. The lowest BCUT2D eigenvalue weighted by Gasteiger charge is -2.39. The van der Waals surface area contributed by atoms with Gasteiger partial charge in [-0.05, 0) is 54.7 Å². The fourth-order valence-electron chi connectivity index (χ4n) is 4.74. The lowest BCUT2D eigenvalue weighted by molar-refractivity contribution is -0.135. The van der Waals surface area contributed by atoms with Crippen LogP contribution in [-0.4, -0.2) is 37.6 Å².